The van der Waals surface area contributed by atoms with Gasteiger partial charge in [-0.1, -0.05) is 34.1 Å². The van der Waals surface area contributed by atoms with Gasteiger partial charge in [-0.2, -0.15) is 0 Å². The summed E-state index contributed by atoms with van der Waals surface area (Å²) in [4.78, 5) is 42.8. The highest BCUT2D eigenvalue weighted by atomic mass is 79.9. The van der Waals surface area contributed by atoms with Crippen LogP contribution in [-0.4, -0.2) is 62.5 Å². The maximum absolute atomic E-state index is 13.2. The molecule has 0 bridgehead atoms. The zero-order valence-electron chi connectivity index (χ0n) is 17.4. The van der Waals surface area contributed by atoms with E-state index in [-0.39, 0.29) is 18.5 Å². The van der Waals surface area contributed by atoms with Crippen molar-refractivity contribution in [1.29, 1.82) is 0 Å². The number of likely N-dealkylation sites (N-methyl/N-ethyl adjacent to an activating group) is 2. The summed E-state index contributed by atoms with van der Waals surface area (Å²) in [5.74, 6) is -1.05. The van der Waals surface area contributed by atoms with Gasteiger partial charge >= 0.3 is 0 Å². The monoisotopic (exact) mass is 500 g/mol. The lowest BCUT2D eigenvalue weighted by Crippen LogP contribution is -2.70. The van der Waals surface area contributed by atoms with Gasteiger partial charge in [-0.05, 0) is 29.3 Å². The number of carbonyl (C=O) groups excluding carboxylic acids is 2. The lowest BCUT2D eigenvalue weighted by atomic mass is 9.92. The number of carbonyl (C=O) groups is 2. The highest BCUT2D eigenvalue weighted by molar-refractivity contribution is 9.10. The number of nitrogens with one attached hydrogen (secondary N) is 1. The van der Waals surface area contributed by atoms with E-state index in [4.69, 9.17) is 0 Å². The summed E-state index contributed by atoms with van der Waals surface area (Å²) in [5, 5.41) is 23.1. The lowest BCUT2D eigenvalue weighted by Gasteiger charge is -2.47. The van der Waals surface area contributed by atoms with Crippen molar-refractivity contribution in [3.8, 4) is 0 Å². The molecule has 166 valence electrons. The molecule has 0 spiro atoms. The molecule has 10 heteroatoms. The van der Waals surface area contributed by atoms with Crippen LogP contribution in [0.1, 0.15) is 11.1 Å². The number of halogens is 1. The van der Waals surface area contributed by atoms with E-state index >= 15 is 0 Å². The number of rotatable bonds is 5. The molecule has 32 heavy (non-hydrogen) atoms. The largest absolute Gasteiger partial charge is 0.363 e. The Morgan fingerprint density at radius 2 is 1.88 bits per heavy atom. The van der Waals surface area contributed by atoms with E-state index in [1.54, 1.807) is 42.6 Å². The molecule has 1 fully saturated rings. The molecule has 3 aromatic rings. The van der Waals surface area contributed by atoms with Gasteiger partial charge in [0.05, 0.1) is 15.8 Å². The summed E-state index contributed by atoms with van der Waals surface area (Å²) in [7, 11) is 2.87. The van der Waals surface area contributed by atoms with Crippen LogP contribution >= 0.6 is 15.9 Å². The summed E-state index contributed by atoms with van der Waals surface area (Å²) in [6, 6.07) is 10.9. The minimum atomic E-state index is -2.03. The third-order valence-corrected chi connectivity index (χ3v) is 6.57. The number of fused-ring (bicyclic) bond motifs is 1. The second-order valence-corrected chi connectivity index (χ2v) is 8.84. The van der Waals surface area contributed by atoms with Crippen LogP contribution in [0.2, 0.25) is 0 Å². The highest BCUT2D eigenvalue weighted by Gasteiger charge is 2.53. The maximum atomic E-state index is 13.2. The first-order chi connectivity index (χ1) is 15.1. The molecule has 1 saturated heterocycles. The minimum absolute atomic E-state index is 0.0586. The Morgan fingerprint density at radius 1 is 1.19 bits per heavy atom. The third-order valence-electron chi connectivity index (χ3n) is 6.04. The average molecular weight is 501 g/mol. The molecule has 2 amide bonds. The Hall–Kier alpha value is -3.24. The van der Waals surface area contributed by atoms with Crippen molar-refractivity contribution < 1.29 is 19.6 Å². The van der Waals surface area contributed by atoms with Crippen molar-refractivity contribution in [2.24, 2.45) is 0 Å². The molecule has 0 radical (unpaired) electrons. The normalized spacial score (nSPS) is 21.4. The molecule has 1 aliphatic heterocycles. The van der Waals surface area contributed by atoms with E-state index in [1.165, 1.54) is 25.1 Å². The fourth-order valence-corrected chi connectivity index (χ4v) is 4.46. The Bertz CT molecular complexity index is 1220. The van der Waals surface area contributed by atoms with E-state index in [0.29, 0.717) is 22.0 Å². The van der Waals surface area contributed by atoms with Gasteiger partial charge in [-0.3, -0.25) is 19.7 Å². The predicted octanol–water partition coefficient (Wildman–Crippen LogP) is 2.61. The molecule has 2 N–H and O–H groups in total. The number of nitrogens with zero attached hydrogens (tertiary/aromatic N) is 3. The number of amides is 2. The Morgan fingerprint density at radius 3 is 2.53 bits per heavy atom. The van der Waals surface area contributed by atoms with E-state index in [9.17, 15) is 24.8 Å². The molecule has 1 aromatic heterocycles. The molecular formula is C22H21BrN4O5. The molecule has 0 saturated carbocycles. The Labute approximate surface area is 191 Å². The van der Waals surface area contributed by atoms with Crippen LogP contribution < -0.4 is 0 Å². The van der Waals surface area contributed by atoms with E-state index in [1.807, 2.05) is 0 Å². The number of non-ortho nitro benzene ring substituents is 1. The number of nitro groups is 1. The average Bonchev–Trinajstić information content (AvgIpc) is 3.19. The van der Waals surface area contributed by atoms with E-state index in [0.717, 1.165) is 9.37 Å². The van der Waals surface area contributed by atoms with Gasteiger partial charge in [0.25, 0.3) is 11.6 Å². The van der Waals surface area contributed by atoms with Crippen LogP contribution in [0.4, 0.5) is 5.69 Å². The van der Waals surface area contributed by atoms with Crippen LogP contribution in [0.15, 0.2) is 53.1 Å². The molecule has 9 nitrogen and oxygen atoms in total. The van der Waals surface area contributed by atoms with Gasteiger partial charge in [0, 0.05) is 43.7 Å². The fourth-order valence-electron chi connectivity index (χ4n) is 4.20. The first-order valence-corrected chi connectivity index (χ1v) is 10.7. The number of hydrogen-bond donors (Lipinski definition) is 2. The van der Waals surface area contributed by atoms with Crippen LogP contribution in [0, 0.1) is 10.1 Å². The molecular weight excluding hydrogens is 480 g/mol. The Balaban J connectivity index is 1.65. The number of H-pyrrole nitrogens is 1. The predicted molar refractivity (Wildman–Crippen MR) is 121 cm³/mol. The molecule has 1 aliphatic rings. The summed E-state index contributed by atoms with van der Waals surface area (Å²) in [6.45, 7) is 0. The molecule has 4 rings (SSSR count). The molecule has 0 aliphatic carbocycles. The van der Waals surface area contributed by atoms with Crippen LogP contribution in [0.25, 0.3) is 10.9 Å². The summed E-state index contributed by atoms with van der Waals surface area (Å²) in [5.41, 5.74) is -0.273. The summed E-state index contributed by atoms with van der Waals surface area (Å²) < 4.78 is 0.859. The number of piperazine rings is 1. The molecule has 2 heterocycles. The van der Waals surface area contributed by atoms with Crippen molar-refractivity contribution in [3.63, 3.8) is 0 Å². The van der Waals surface area contributed by atoms with Gasteiger partial charge in [-0.15, -0.1) is 0 Å². The summed E-state index contributed by atoms with van der Waals surface area (Å²) in [6.07, 6.45) is 1.63. The molecule has 2 aromatic carbocycles. The maximum Gasteiger partial charge on any atom is 0.279 e. The highest BCUT2D eigenvalue weighted by Crippen LogP contribution is 2.33. The molecule has 2 atom stereocenters. The number of aliphatic hydroxyl groups is 1. The van der Waals surface area contributed by atoms with Crippen molar-refractivity contribution in [1.82, 2.24) is 14.8 Å². The smallest absolute Gasteiger partial charge is 0.279 e. The number of nitro benzene ring substituents is 1. The second kappa shape index (κ2) is 8.03. The zero-order valence-corrected chi connectivity index (χ0v) is 19.0. The van der Waals surface area contributed by atoms with E-state index in [2.05, 4.69) is 20.9 Å². The number of hydrogen-bond acceptors (Lipinski definition) is 5. The van der Waals surface area contributed by atoms with Gasteiger partial charge in [0.1, 0.15) is 6.04 Å². The fraction of sp³-hybridized carbons (Fsp3) is 0.273. The van der Waals surface area contributed by atoms with Gasteiger partial charge in [0.15, 0.2) is 0 Å². The zero-order chi connectivity index (χ0) is 23.2. The topological polar surface area (TPSA) is 120 Å². The first kappa shape index (κ1) is 22.0. The van der Waals surface area contributed by atoms with Crippen LogP contribution in [0.5, 0.6) is 0 Å². The van der Waals surface area contributed by atoms with E-state index < -0.39 is 28.5 Å². The van der Waals surface area contributed by atoms with Gasteiger partial charge < -0.3 is 19.9 Å². The molecule has 0 unspecified atom stereocenters. The summed E-state index contributed by atoms with van der Waals surface area (Å²) >= 11 is 3.35. The Kier molecular flexibility index (Phi) is 5.51. The van der Waals surface area contributed by atoms with Crippen LogP contribution in [-0.2, 0) is 22.4 Å². The number of aromatic nitrogens is 1. The quantitative estimate of drug-likeness (QED) is 0.412. The number of benzene rings is 2. The second-order valence-electron chi connectivity index (χ2n) is 7.92. The van der Waals surface area contributed by atoms with Crippen molar-refractivity contribution >= 4 is 44.3 Å². The number of aromatic amines is 1. The van der Waals surface area contributed by atoms with Crippen molar-refractivity contribution in [2.45, 2.75) is 24.6 Å². The van der Waals surface area contributed by atoms with Gasteiger partial charge in [0.2, 0.25) is 11.6 Å². The minimum Gasteiger partial charge on any atom is -0.363 e. The van der Waals surface area contributed by atoms with Crippen LogP contribution in [0.3, 0.4) is 0 Å². The van der Waals surface area contributed by atoms with Gasteiger partial charge in [-0.25, -0.2) is 0 Å². The SMILES string of the molecule is CN1C(=O)[C@](O)(Cc2ccc(Br)cc2)N(C)C(=O)[C@@H]1Cc1c[nH]c2cccc([N+](=O)[O-])c12. The standard InChI is InChI=1S/C22H21BrN4O5/c1-25-18(10-14-12-24-16-4-3-5-17(19(14)16)27(31)32)20(28)26(2)22(30,21(25)29)11-13-6-8-15(23)9-7-13/h3-9,12,18,24,30H,10-11H2,1-2H3/t18-,22+/m0/s1. The van der Waals surface area contributed by atoms with Crippen molar-refractivity contribution in [2.75, 3.05) is 14.1 Å². The lowest BCUT2D eigenvalue weighted by molar-refractivity contribution is -0.383. The third kappa shape index (κ3) is 3.55. The first-order valence-electron chi connectivity index (χ1n) is 9.88. The van der Waals surface area contributed by atoms with Crippen molar-refractivity contribution in [3.05, 3.63) is 74.4 Å².